The molecule has 212 valence electrons. The van der Waals surface area contributed by atoms with Gasteiger partial charge in [0.2, 0.25) is 0 Å². The van der Waals surface area contributed by atoms with Gasteiger partial charge < -0.3 is 17.1 Å². The quantitative estimate of drug-likeness (QED) is 0.213. The van der Waals surface area contributed by atoms with E-state index in [1.165, 1.54) is 30.7 Å². The molecule has 0 spiro atoms. The van der Waals surface area contributed by atoms with Gasteiger partial charge in [0.05, 0.1) is 8.52 Å². The van der Waals surface area contributed by atoms with Crippen molar-refractivity contribution in [2.75, 3.05) is 7.15 Å². The maximum absolute atomic E-state index is 12.5. The molecule has 0 radical (unpaired) electrons. The zero-order valence-corrected chi connectivity index (χ0v) is 23.8. The monoisotopic (exact) mass is 613 g/mol. The van der Waals surface area contributed by atoms with Crippen LogP contribution < -0.4 is 18.9 Å². The fourth-order valence-electron chi connectivity index (χ4n) is 2.51. The summed E-state index contributed by atoms with van der Waals surface area (Å²) < 4.78 is 91.2. The smallest absolute Gasteiger partial charge is 0.376 e. The number of alkyl halides is 7. The van der Waals surface area contributed by atoms with Crippen molar-refractivity contribution < 1.29 is 66.0 Å². The molecule has 2 aromatic carbocycles. The van der Waals surface area contributed by atoms with Gasteiger partial charge >= 0.3 is 31.2 Å². The largest absolute Gasteiger partial charge is 1.00 e. The first kappa shape index (κ1) is 38.8. The zero-order valence-electron chi connectivity index (χ0n) is 23.2. The van der Waals surface area contributed by atoms with Crippen LogP contribution in [-0.4, -0.2) is 36.0 Å². The number of halogens is 8. The molecule has 0 amide bonds. The molecule has 2 aromatic rings. The van der Waals surface area contributed by atoms with Crippen LogP contribution in [0.2, 0.25) is 0 Å². The summed E-state index contributed by atoms with van der Waals surface area (Å²) in [4.78, 5) is 10.5. The van der Waals surface area contributed by atoms with E-state index in [2.05, 4.69) is 29.8 Å². The van der Waals surface area contributed by atoms with E-state index in [0.717, 1.165) is 19.4 Å². The van der Waals surface area contributed by atoms with Gasteiger partial charge in [0, 0.05) is 10.0 Å². The fraction of sp³-hybridized carbons (Fsp3) is 0.462. The molecule has 2 atom stereocenters. The van der Waals surface area contributed by atoms with E-state index in [1.807, 2.05) is 0 Å². The number of hydrogen-bond donors (Lipinski definition) is 2. The predicted octanol–water partition coefficient (Wildman–Crippen LogP) is 5.31. The number of aldehydes is 1. The number of carbonyl (C=O) groups excluding carboxylic acids is 1. The summed E-state index contributed by atoms with van der Waals surface area (Å²) in [5.41, 5.74) is -5.00. The van der Waals surface area contributed by atoms with Crippen molar-refractivity contribution in [3.63, 3.8) is 0 Å². The molecular weight excluding hydrogens is 580 g/mol. The van der Waals surface area contributed by atoms with Gasteiger partial charge in [-0.05, 0) is 68.7 Å². The van der Waals surface area contributed by atoms with Gasteiger partial charge in [-0.15, -0.1) is 0 Å². The summed E-state index contributed by atoms with van der Waals surface area (Å²) in [7, 11) is -1.00. The molecule has 2 N–H and O–H groups in total. The molecule has 0 saturated heterocycles. The minimum absolute atomic E-state index is 0. The molecule has 3 nitrogen and oxygen atoms in total. The van der Waals surface area contributed by atoms with Gasteiger partial charge in [0.15, 0.2) is 11.2 Å². The van der Waals surface area contributed by atoms with Gasteiger partial charge in [-0.2, -0.15) is 32.8 Å². The normalized spacial score (nSPS) is 14.3. The first-order chi connectivity index (χ1) is 17.2. The first-order valence-electron chi connectivity index (χ1n) is 11.4. The minimum atomic E-state index is -4.78. The Morgan fingerprint density at radius 1 is 0.895 bits per heavy atom. The Morgan fingerprint density at radius 2 is 1.24 bits per heavy atom. The molecule has 12 heteroatoms. The van der Waals surface area contributed by atoms with Crippen LogP contribution in [0.3, 0.4) is 0 Å². The first-order valence-corrected chi connectivity index (χ1v) is 11.5. The summed E-state index contributed by atoms with van der Waals surface area (Å²) >= 11 is 3.09. The Labute approximate surface area is 241 Å². The third kappa shape index (κ3) is 12.6. The van der Waals surface area contributed by atoms with Crippen LogP contribution >= 0.6 is 15.9 Å². The van der Waals surface area contributed by atoms with Crippen molar-refractivity contribution in [2.24, 2.45) is 0 Å². The third-order valence-corrected chi connectivity index (χ3v) is 5.32. The van der Waals surface area contributed by atoms with Gasteiger partial charge in [0.1, 0.15) is 6.29 Å². The van der Waals surface area contributed by atoms with E-state index in [9.17, 15) is 45.7 Å². The van der Waals surface area contributed by atoms with Gasteiger partial charge in [0.25, 0.3) is 0 Å². The van der Waals surface area contributed by atoms with E-state index in [0.29, 0.717) is 28.8 Å². The number of aliphatic hydroxyl groups is 2. The Morgan fingerprint density at radius 3 is 1.53 bits per heavy atom. The predicted molar refractivity (Wildman–Crippen MR) is 134 cm³/mol. The molecule has 2 unspecified atom stereocenters. The maximum Gasteiger partial charge on any atom is 1.00 e. The van der Waals surface area contributed by atoms with Crippen LogP contribution in [0, 0.1) is 20.8 Å². The molecule has 38 heavy (non-hydrogen) atoms. The Bertz CT molecular complexity index is 976. The zero-order chi connectivity index (χ0) is 30.5. The number of benzene rings is 2. The fourth-order valence-corrected chi connectivity index (χ4v) is 3.11. The molecule has 2 rings (SSSR count). The number of aryl methyl sites for hydroxylation is 2. The summed E-state index contributed by atoms with van der Waals surface area (Å²) in [6.45, 7) is 10.4. The summed E-state index contributed by atoms with van der Waals surface area (Å²) in [6, 6.07) is 7.95. The Hall–Kier alpha value is -1.38. The van der Waals surface area contributed by atoms with Crippen LogP contribution in [-0.2, 0) is 11.2 Å². The Balaban J connectivity index is -0.000000526. The van der Waals surface area contributed by atoms with Crippen molar-refractivity contribution in [1.82, 2.24) is 0 Å². The number of rotatable bonds is 4. The topological polar surface area (TPSA) is 57.5 Å². The molecule has 0 fully saturated rings. The molecule has 0 heterocycles. The SMILES string of the molecule is Cc1cc(Br)cc(C(C)(O)C(F)(F)F)c1.Cc1cc(C=O)cc(C(C)(O)C(F)(F)F)c1.[2H]CF.[CH2-]CCC.[Li+]. The van der Waals surface area contributed by atoms with E-state index in [-0.39, 0.29) is 35.6 Å². The molecule has 0 aliphatic rings. The maximum atomic E-state index is 12.5. The van der Waals surface area contributed by atoms with Crippen molar-refractivity contribution in [3.8, 4) is 0 Å². The molecule has 0 bridgehead atoms. The second-order valence-corrected chi connectivity index (χ2v) is 9.18. The van der Waals surface area contributed by atoms with E-state index in [1.54, 1.807) is 19.9 Å². The number of hydrogen-bond acceptors (Lipinski definition) is 3. The van der Waals surface area contributed by atoms with Crippen molar-refractivity contribution in [2.45, 2.75) is 71.0 Å². The van der Waals surface area contributed by atoms with Crippen LogP contribution in [0.1, 0.15) is 67.6 Å². The van der Waals surface area contributed by atoms with Crippen LogP contribution in [0.15, 0.2) is 40.9 Å². The molecule has 0 aliphatic carbocycles. The standard InChI is InChI=1S/C11H11F3O2.C10H10BrF3O.C4H9.CH3F.Li/c1-7-3-8(6-15)5-9(4-7)10(2,16)11(12,13)14;1-6-3-7(5-8(11)4-6)9(2,15)10(12,13)14;1-3-4-2;1-2;/h3-6,16H,1-2H3;3-5,15H,1-2H3;1,3-4H2,2H3;1H3;/q;;-1;;+1/i;;;1D;. The van der Waals surface area contributed by atoms with Gasteiger partial charge in [-0.1, -0.05) is 47.0 Å². The van der Waals surface area contributed by atoms with E-state index < -0.39 is 30.7 Å². The minimum Gasteiger partial charge on any atom is -0.376 e. The summed E-state index contributed by atoms with van der Waals surface area (Å²) in [5, 5.41) is 18.9. The number of carbonyl (C=O) groups is 1. The average molecular weight is 614 g/mol. The second kappa shape index (κ2) is 17.3. The summed E-state index contributed by atoms with van der Waals surface area (Å²) in [6.07, 6.45) is -6.73. The van der Waals surface area contributed by atoms with Crippen LogP contribution in [0.4, 0.5) is 30.7 Å². The van der Waals surface area contributed by atoms with Crippen LogP contribution in [0.25, 0.3) is 0 Å². The van der Waals surface area contributed by atoms with Crippen molar-refractivity contribution in [3.05, 3.63) is 75.6 Å². The van der Waals surface area contributed by atoms with E-state index in [4.69, 9.17) is 1.37 Å². The second-order valence-electron chi connectivity index (χ2n) is 8.26. The third-order valence-electron chi connectivity index (χ3n) is 4.86. The number of unbranched alkanes of at least 4 members (excludes halogenated alkanes) is 1. The molecule has 0 saturated carbocycles. The van der Waals surface area contributed by atoms with Gasteiger partial charge in [-0.3, -0.25) is 9.18 Å². The summed E-state index contributed by atoms with van der Waals surface area (Å²) in [5.74, 6) is 0. The van der Waals surface area contributed by atoms with Gasteiger partial charge in [-0.25, -0.2) is 0 Å². The van der Waals surface area contributed by atoms with E-state index >= 15 is 0 Å². The molecule has 0 aromatic heterocycles. The molecule has 0 aliphatic heterocycles. The van der Waals surface area contributed by atoms with Crippen LogP contribution in [0.5, 0.6) is 0 Å². The average Bonchev–Trinajstić information content (AvgIpc) is 2.77. The van der Waals surface area contributed by atoms with Crippen molar-refractivity contribution in [1.29, 1.82) is 0 Å². The van der Waals surface area contributed by atoms with Crippen molar-refractivity contribution >= 4 is 22.2 Å². The Kier molecular flexibility index (Phi) is 17.7. The molecular formula is C26H33BrF7LiO3.